The first-order valence-corrected chi connectivity index (χ1v) is 8.49. The van der Waals surface area contributed by atoms with E-state index in [0.29, 0.717) is 24.0 Å². The lowest BCUT2D eigenvalue weighted by Gasteiger charge is -2.37. The SMILES string of the molecule is CC(C)c1ccc(S(=O)(=O)N2[C@H](C)COC[C@@H]2C)cc1. The van der Waals surface area contributed by atoms with Crippen LogP contribution in [-0.2, 0) is 14.8 Å². The van der Waals surface area contributed by atoms with Crippen molar-refractivity contribution in [2.75, 3.05) is 13.2 Å². The number of nitrogens with zero attached hydrogens (tertiary/aromatic N) is 1. The Morgan fingerprint density at radius 3 is 2.05 bits per heavy atom. The molecule has 0 amide bonds. The molecular formula is C15H23NO3S. The van der Waals surface area contributed by atoms with E-state index in [4.69, 9.17) is 4.74 Å². The average molecular weight is 297 g/mol. The van der Waals surface area contributed by atoms with Crippen LogP contribution in [0, 0.1) is 0 Å². The van der Waals surface area contributed by atoms with Crippen LogP contribution in [0.4, 0.5) is 0 Å². The van der Waals surface area contributed by atoms with Crippen molar-refractivity contribution in [1.82, 2.24) is 4.31 Å². The Morgan fingerprint density at radius 1 is 1.10 bits per heavy atom. The maximum absolute atomic E-state index is 12.8. The molecule has 2 atom stereocenters. The summed E-state index contributed by atoms with van der Waals surface area (Å²) in [4.78, 5) is 0.363. The highest BCUT2D eigenvalue weighted by molar-refractivity contribution is 7.89. The minimum atomic E-state index is -3.45. The van der Waals surface area contributed by atoms with Gasteiger partial charge in [0, 0.05) is 12.1 Å². The molecule has 20 heavy (non-hydrogen) atoms. The first-order chi connectivity index (χ1) is 9.34. The summed E-state index contributed by atoms with van der Waals surface area (Å²) in [6.07, 6.45) is 0. The van der Waals surface area contributed by atoms with E-state index in [1.807, 2.05) is 26.0 Å². The van der Waals surface area contributed by atoms with Crippen molar-refractivity contribution in [3.05, 3.63) is 29.8 Å². The molecule has 1 aliphatic heterocycles. The van der Waals surface area contributed by atoms with E-state index in [9.17, 15) is 8.42 Å². The Hall–Kier alpha value is -0.910. The number of benzene rings is 1. The molecule has 0 N–H and O–H groups in total. The smallest absolute Gasteiger partial charge is 0.243 e. The minimum Gasteiger partial charge on any atom is -0.378 e. The predicted molar refractivity (Wildman–Crippen MR) is 79.3 cm³/mol. The predicted octanol–water partition coefficient (Wildman–Crippen LogP) is 2.61. The normalized spacial score (nSPS) is 25.1. The first-order valence-electron chi connectivity index (χ1n) is 7.05. The van der Waals surface area contributed by atoms with E-state index in [0.717, 1.165) is 5.56 Å². The maximum Gasteiger partial charge on any atom is 0.243 e. The van der Waals surface area contributed by atoms with Crippen LogP contribution < -0.4 is 0 Å². The van der Waals surface area contributed by atoms with Gasteiger partial charge in [-0.15, -0.1) is 0 Å². The molecule has 0 aliphatic carbocycles. The van der Waals surface area contributed by atoms with Gasteiger partial charge in [-0.2, -0.15) is 4.31 Å². The monoisotopic (exact) mass is 297 g/mol. The van der Waals surface area contributed by atoms with Gasteiger partial charge in [0.15, 0.2) is 0 Å². The van der Waals surface area contributed by atoms with Gasteiger partial charge in [0.2, 0.25) is 10.0 Å². The first kappa shape index (κ1) is 15.5. The Balaban J connectivity index is 2.34. The van der Waals surface area contributed by atoms with Crippen LogP contribution in [0.5, 0.6) is 0 Å². The molecule has 0 unspecified atom stereocenters. The fourth-order valence-electron chi connectivity index (χ4n) is 2.61. The second kappa shape index (κ2) is 5.84. The summed E-state index contributed by atoms with van der Waals surface area (Å²) in [6.45, 7) is 8.86. The Morgan fingerprint density at radius 2 is 1.60 bits per heavy atom. The molecule has 4 nitrogen and oxygen atoms in total. The van der Waals surface area contributed by atoms with Gasteiger partial charge in [-0.3, -0.25) is 0 Å². The molecule has 2 rings (SSSR count). The molecule has 0 radical (unpaired) electrons. The van der Waals surface area contributed by atoms with Crippen LogP contribution in [0.1, 0.15) is 39.2 Å². The highest BCUT2D eigenvalue weighted by Crippen LogP contribution is 2.25. The second-order valence-electron chi connectivity index (χ2n) is 5.79. The van der Waals surface area contributed by atoms with Crippen LogP contribution in [0.15, 0.2) is 29.2 Å². The van der Waals surface area contributed by atoms with Crippen LogP contribution in [0.25, 0.3) is 0 Å². The van der Waals surface area contributed by atoms with E-state index < -0.39 is 10.0 Å². The summed E-state index contributed by atoms with van der Waals surface area (Å²) in [6, 6.07) is 6.95. The Bertz CT molecular complexity index is 541. The van der Waals surface area contributed by atoms with Crippen molar-refractivity contribution in [2.24, 2.45) is 0 Å². The zero-order valence-corrected chi connectivity index (χ0v) is 13.4. The molecule has 112 valence electrons. The molecule has 1 heterocycles. The minimum absolute atomic E-state index is 0.131. The lowest BCUT2D eigenvalue weighted by molar-refractivity contribution is 0.00636. The van der Waals surface area contributed by atoms with Crippen LogP contribution in [0.2, 0.25) is 0 Å². The highest BCUT2D eigenvalue weighted by atomic mass is 32.2. The molecule has 1 aliphatic rings. The van der Waals surface area contributed by atoms with Gasteiger partial charge in [-0.1, -0.05) is 26.0 Å². The lowest BCUT2D eigenvalue weighted by Crippen LogP contribution is -2.52. The molecule has 0 saturated carbocycles. The van der Waals surface area contributed by atoms with E-state index in [2.05, 4.69) is 13.8 Å². The number of sulfonamides is 1. The zero-order valence-electron chi connectivity index (χ0n) is 12.5. The van der Waals surface area contributed by atoms with Crippen LogP contribution >= 0.6 is 0 Å². The summed E-state index contributed by atoms with van der Waals surface area (Å²) in [5, 5.41) is 0. The van der Waals surface area contributed by atoms with Crippen molar-refractivity contribution in [1.29, 1.82) is 0 Å². The quantitative estimate of drug-likeness (QED) is 0.861. The fraction of sp³-hybridized carbons (Fsp3) is 0.600. The second-order valence-corrected chi connectivity index (χ2v) is 7.64. The van der Waals surface area contributed by atoms with Crippen molar-refractivity contribution >= 4 is 10.0 Å². The topological polar surface area (TPSA) is 46.6 Å². The van der Waals surface area contributed by atoms with Gasteiger partial charge in [0.05, 0.1) is 18.1 Å². The number of morpholine rings is 1. The van der Waals surface area contributed by atoms with Gasteiger partial charge in [0.25, 0.3) is 0 Å². The average Bonchev–Trinajstić information content (AvgIpc) is 2.38. The standard InChI is InChI=1S/C15H23NO3S/c1-11(2)14-5-7-15(8-6-14)20(17,18)16-12(3)9-19-10-13(16)4/h5-8,11-13H,9-10H2,1-4H3/t12-,13+. The molecule has 1 aromatic rings. The van der Waals surface area contributed by atoms with E-state index in [1.54, 1.807) is 16.4 Å². The molecule has 1 aromatic carbocycles. The van der Waals surface area contributed by atoms with Gasteiger partial charge >= 0.3 is 0 Å². The summed E-state index contributed by atoms with van der Waals surface area (Å²) >= 11 is 0. The van der Waals surface area contributed by atoms with Crippen molar-refractivity contribution in [3.8, 4) is 0 Å². The zero-order chi connectivity index (χ0) is 14.9. The van der Waals surface area contributed by atoms with Gasteiger partial charge in [-0.05, 0) is 37.5 Å². The Kier molecular flexibility index (Phi) is 4.52. The summed E-state index contributed by atoms with van der Waals surface area (Å²) in [5.74, 6) is 0.396. The molecule has 0 spiro atoms. The van der Waals surface area contributed by atoms with Gasteiger partial charge in [-0.25, -0.2) is 8.42 Å². The van der Waals surface area contributed by atoms with Crippen molar-refractivity contribution in [2.45, 2.75) is 50.6 Å². The molecular weight excluding hydrogens is 274 g/mol. The summed E-state index contributed by atoms with van der Waals surface area (Å²) in [5.41, 5.74) is 1.15. The van der Waals surface area contributed by atoms with E-state index >= 15 is 0 Å². The molecule has 0 aromatic heterocycles. The third-order valence-corrected chi connectivity index (χ3v) is 5.85. The highest BCUT2D eigenvalue weighted by Gasteiger charge is 2.36. The van der Waals surface area contributed by atoms with Gasteiger partial charge < -0.3 is 4.74 Å². The summed E-state index contributed by atoms with van der Waals surface area (Å²) < 4.78 is 32.5. The van der Waals surface area contributed by atoms with Crippen LogP contribution in [-0.4, -0.2) is 38.0 Å². The number of rotatable bonds is 3. The molecule has 1 saturated heterocycles. The summed E-state index contributed by atoms with van der Waals surface area (Å²) in [7, 11) is -3.45. The Labute approximate surface area is 121 Å². The number of ether oxygens (including phenoxy) is 1. The third-order valence-electron chi connectivity index (χ3n) is 3.71. The van der Waals surface area contributed by atoms with Crippen molar-refractivity contribution < 1.29 is 13.2 Å². The van der Waals surface area contributed by atoms with Crippen molar-refractivity contribution in [3.63, 3.8) is 0 Å². The fourth-order valence-corrected chi connectivity index (χ4v) is 4.40. The van der Waals surface area contributed by atoms with Gasteiger partial charge in [0.1, 0.15) is 0 Å². The molecule has 5 heteroatoms. The third kappa shape index (κ3) is 2.90. The number of hydrogen-bond acceptors (Lipinski definition) is 3. The largest absolute Gasteiger partial charge is 0.378 e. The molecule has 1 fully saturated rings. The van der Waals surface area contributed by atoms with E-state index in [-0.39, 0.29) is 12.1 Å². The number of hydrogen-bond donors (Lipinski definition) is 0. The molecule has 0 bridgehead atoms. The lowest BCUT2D eigenvalue weighted by atomic mass is 10.0. The maximum atomic E-state index is 12.8. The van der Waals surface area contributed by atoms with E-state index in [1.165, 1.54) is 0 Å². The van der Waals surface area contributed by atoms with Crippen LogP contribution in [0.3, 0.4) is 0 Å².